The van der Waals surface area contributed by atoms with Crippen molar-refractivity contribution in [2.75, 3.05) is 7.11 Å². The van der Waals surface area contributed by atoms with Crippen molar-refractivity contribution in [3.63, 3.8) is 0 Å². The molecule has 6 heteroatoms. The summed E-state index contributed by atoms with van der Waals surface area (Å²) in [6.45, 7) is 2.90. The first-order chi connectivity index (χ1) is 17.1. The van der Waals surface area contributed by atoms with Crippen molar-refractivity contribution in [2.24, 2.45) is 0 Å². The van der Waals surface area contributed by atoms with Crippen LogP contribution in [0.4, 0.5) is 0 Å². The maximum absolute atomic E-state index is 13.1. The topological polar surface area (TPSA) is 76.7 Å². The van der Waals surface area contributed by atoms with Gasteiger partial charge in [0.15, 0.2) is 0 Å². The minimum absolute atomic E-state index is 0.132. The van der Waals surface area contributed by atoms with Gasteiger partial charge in [-0.15, -0.1) is 0 Å². The normalized spacial score (nSPS) is 11.4. The molecule has 3 aromatic carbocycles. The summed E-state index contributed by atoms with van der Waals surface area (Å²) >= 11 is 0. The van der Waals surface area contributed by atoms with Crippen molar-refractivity contribution in [3.8, 4) is 11.5 Å². The minimum Gasteiger partial charge on any atom is -0.497 e. The van der Waals surface area contributed by atoms with Gasteiger partial charge in [-0.2, -0.15) is 0 Å². The molecular weight excluding hydrogens is 440 g/mol. The van der Waals surface area contributed by atoms with Crippen LogP contribution in [0, 0.1) is 0 Å². The maximum atomic E-state index is 13.1. The third kappa shape index (κ3) is 8.49. The van der Waals surface area contributed by atoms with Crippen LogP contribution in [-0.2, 0) is 22.7 Å². The van der Waals surface area contributed by atoms with E-state index in [1.165, 1.54) is 0 Å². The van der Waals surface area contributed by atoms with E-state index in [9.17, 15) is 9.59 Å². The highest BCUT2D eigenvalue weighted by molar-refractivity contribution is 5.88. The summed E-state index contributed by atoms with van der Waals surface area (Å²) in [5.74, 6) is 1.06. The molecule has 3 rings (SSSR count). The summed E-state index contributed by atoms with van der Waals surface area (Å²) in [5, 5.41) is 5.86. The Kier molecular flexibility index (Phi) is 10.2. The second-order valence-corrected chi connectivity index (χ2v) is 8.37. The first-order valence-electron chi connectivity index (χ1n) is 12.1. The van der Waals surface area contributed by atoms with E-state index in [1.54, 1.807) is 7.11 Å². The first-order valence-corrected chi connectivity index (χ1v) is 12.1. The van der Waals surface area contributed by atoms with Crippen molar-refractivity contribution >= 4 is 11.8 Å². The largest absolute Gasteiger partial charge is 0.497 e. The molecule has 0 aliphatic carbocycles. The van der Waals surface area contributed by atoms with E-state index in [4.69, 9.17) is 9.47 Å². The van der Waals surface area contributed by atoms with Gasteiger partial charge in [-0.1, -0.05) is 74.4 Å². The molecule has 0 bridgehead atoms. The molecule has 0 spiro atoms. The predicted molar refractivity (Wildman–Crippen MR) is 137 cm³/mol. The summed E-state index contributed by atoms with van der Waals surface area (Å²) in [6.07, 6.45) is 3.21. The van der Waals surface area contributed by atoms with Crippen LogP contribution < -0.4 is 20.1 Å². The molecule has 0 aromatic heterocycles. The molecule has 0 aliphatic heterocycles. The van der Waals surface area contributed by atoms with Gasteiger partial charge in [0.05, 0.1) is 7.11 Å². The number of hydrogen-bond acceptors (Lipinski definition) is 4. The van der Waals surface area contributed by atoms with E-state index in [1.807, 2.05) is 78.9 Å². The van der Waals surface area contributed by atoms with Gasteiger partial charge in [0.2, 0.25) is 11.8 Å². The number of carbonyl (C=O) groups is 2. The smallest absolute Gasteiger partial charge is 0.247 e. The van der Waals surface area contributed by atoms with E-state index in [0.29, 0.717) is 30.9 Å². The number of hydrogen-bond donors (Lipinski definition) is 2. The lowest BCUT2D eigenvalue weighted by Crippen LogP contribution is -2.40. The third-order valence-corrected chi connectivity index (χ3v) is 5.66. The molecule has 2 amide bonds. The molecule has 184 valence electrons. The number of unbranched alkanes of at least 4 members (excludes halogenated alkanes) is 2. The Balaban J connectivity index is 1.66. The fourth-order valence-corrected chi connectivity index (χ4v) is 3.60. The van der Waals surface area contributed by atoms with Gasteiger partial charge < -0.3 is 20.1 Å². The van der Waals surface area contributed by atoms with Crippen molar-refractivity contribution < 1.29 is 19.1 Å². The second-order valence-electron chi connectivity index (χ2n) is 8.37. The van der Waals surface area contributed by atoms with Crippen molar-refractivity contribution in [3.05, 3.63) is 95.6 Å². The molecule has 0 aliphatic rings. The highest BCUT2D eigenvalue weighted by Gasteiger charge is 2.22. The highest BCUT2D eigenvalue weighted by atomic mass is 16.5. The number of carbonyl (C=O) groups excluding carboxylic acids is 2. The zero-order valence-electron chi connectivity index (χ0n) is 20.5. The lowest BCUT2D eigenvalue weighted by molar-refractivity contribution is -0.129. The minimum atomic E-state index is -0.787. The molecule has 6 nitrogen and oxygen atoms in total. The fraction of sp³-hybridized carbons (Fsp3) is 0.310. The van der Waals surface area contributed by atoms with Crippen LogP contribution in [0.5, 0.6) is 11.5 Å². The number of methoxy groups -OCH3 is 1. The lowest BCUT2D eigenvalue weighted by Gasteiger charge is -2.19. The number of benzene rings is 3. The number of nitrogens with one attached hydrogen (secondary N) is 2. The number of amides is 2. The van der Waals surface area contributed by atoms with Crippen molar-refractivity contribution in [2.45, 2.75) is 51.8 Å². The van der Waals surface area contributed by atoms with Crippen LogP contribution >= 0.6 is 0 Å². The summed E-state index contributed by atoms with van der Waals surface area (Å²) in [5.41, 5.74) is 2.72. The molecule has 0 saturated carbocycles. The van der Waals surface area contributed by atoms with Crippen LogP contribution in [0.2, 0.25) is 0 Å². The van der Waals surface area contributed by atoms with Gasteiger partial charge >= 0.3 is 0 Å². The average Bonchev–Trinajstić information content (AvgIpc) is 2.90. The van der Waals surface area contributed by atoms with Gasteiger partial charge in [0.25, 0.3) is 0 Å². The Labute approximate surface area is 207 Å². The van der Waals surface area contributed by atoms with E-state index in [2.05, 4.69) is 17.6 Å². The van der Waals surface area contributed by atoms with Crippen LogP contribution in [0.3, 0.4) is 0 Å². The molecule has 35 heavy (non-hydrogen) atoms. The summed E-state index contributed by atoms with van der Waals surface area (Å²) in [7, 11) is 1.61. The van der Waals surface area contributed by atoms with E-state index in [0.717, 1.165) is 36.1 Å². The van der Waals surface area contributed by atoms with Crippen LogP contribution in [-0.4, -0.2) is 18.9 Å². The molecule has 0 fully saturated rings. The monoisotopic (exact) mass is 474 g/mol. The molecule has 0 heterocycles. The van der Waals surface area contributed by atoms with Crippen LogP contribution in [0.25, 0.3) is 0 Å². The summed E-state index contributed by atoms with van der Waals surface area (Å²) in [4.78, 5) is 25.7. The maximum Gasteiger partial charge on any atom is 0.247 e. The Hall–Kier alpha value is -3.80. The van der Waals surface area contributed by atoms with Crippen LogP contribution in [0.1, 0.15) is 55.3 Å². The average molecular weight is 475 g/mol. The molecule has 0 saturated heterocycles. The highest BCUT2D eigenvalue weighted by Crippen LogP contribution is 2.20. The zero-order chi connectivity index (χ0) is 24.9. The van der Waals surface area contributed by atoms with Crippen molar-refractivity contribution in [1.29, 1.82) is 0 Å². The molecule has 3 aromatic rings. The third-order valence-electron chi connectivity index (χ3n) is 5.66. The standard InChI is InChI=1S/C29H34N2O4/c1-3-4-6-11-27(32)31-28(29(33)30-20-22-12-16-25(34-2)17-13-22)24-14-18-26(19-15-24)35-21-23-9-7-5-8-10-23/h5,7-10,12-19,28H,3-4,6,11,20-21H2,1-2H3,(H,30,33)(H,31,32)/t28-/m0/s1. The first kappa shape index (κ1) is 25.8. The molecule has 0 radical (unpaired) electrons. The van der Waals surface area contributed by atoms with Crippen molar-refractivity contribution in [1.82, 2.24) is 10.6 Å². The zero-order valence-corrected chi connectivity index (χ0v) is 20.5. The summed E-state index contributed by atoms with van der Waals surface area (Å²) in [6, 6.07) is 23.9. The Morgan fingerprint density at radius 2 is 1.51 bits per heavy atom. The Morgan fingerprint density at radius 1 is 0.829 bits per heavy atom. The lowest BCUT2D eigenvalue weighted by atomic mass is 10.0. The molecule has 1 atom stereocenters. The van der Waals surface area contributed by atoms with Gasteiger partial charge in [0, 0.05) is 13.0 Å². The van der Waals surface area contributed by atoms with E-state index < -0.39 is 6.04 Å². The Bertz CT molecular complexity index is 1050. The summed E-state index contributed by atoms with van der Waals surface area (Å²) < 4.78 is 11.0. The molecule has 0 unspecified atom stereocenters. The number of rotatable bonds is 13. The second kappa shape index (κ2) is 13.8. The van der Waals surface area contributed by atoms with Gasteiger partial charge in [0.1, 0.15) is 24.1 Å². The predicted octanol–water partition coefficient (Wildman–Crippen LogP) is 5.33. The molecular formula is C29H34N2O4. The van der Waals surface area contributed by atoms with Crippen LogP contribution in [0.15, 0.2) is 78.9 Å². The van der Waals surface area contributed by atoms with Gasteiger partial charge in [-0.3, -0.25) is 9.59 Å². The quantitative estimate of drug-likeness (QED) is 0.328. The van der Waals surface area contributed by atoms with Gasteiger partial charge in [-0.25, -0.2) is 0 Å². The Morgan fingerprint density at radius 3 is 2.17 bits per heavy atom. The van der Waals surface area contributed by atoms with E-state index >= 15 is 0 Å². The van der Waals surface area contributed by atoms with E-state index in [-0.39, 0.29) is 11.8 Å². The fourth-order valence-electron chi connectivity index (χ4n) is 3.60. The number of ether oxygens (including phenoxy) is 2. The molecule has 2 N–H and O–H groups in total. The SMILES string of the molecule is CCCCCC(=O)N[C@H](C(=O)NCc1ccc(OC)cc1)c1ccc(OCc2ccccc2)cc1. The van der Waals surface area contributed by atoms with Gasteiger partial charge in [-0.05, 0) is 47.4 Å².